The number of allylic oxidation sites excluding steroid dienone is 3. The van der Waals surface area contributed by atoms with Crippen LogP contribution in [0.25, 0.3) is 0 Å². The maximum Gasteiger partial charge on any atom is 0.303 e. The lowest BCUT2D eigenvalue weighted by Crippen LogP contribution is -2.36. The predicted octanol–water partition coefficient (Wildman–Crippen LogP) is 4.24. The first kappa shape index (κ1) is 20.3. The van der Waals surface area contributed by atoms with Crippen LogP contribution in [0.5, 0.6) is 0 Å². The van der Waals surface area contributed by atoms with E-state index in [1.165, 1.54) is 12.0 Å². The molecular formula is C23H34O4. The second kappa shape index (κ2) is 7.92. The van der Waals surface area contributed by atoms with Crippen molar-refractivity contribution in [2.75, 3.05) is 0 Å². The van der Waals surface area contributed by atoms with Gasteiger partial charge in [-0.05, 0) is 72.8 Å². The number of hydrogen-bond acceptors (Lipinski definition) is 3. The quantitative estimate of drug-likeness (QED) is 0.688. The molecule has 0 spiro atoms. The van der Waals surface area contributed by atoms with Crippen molar-refractivity contribution in [3.05, 3.63) is 35.5 Å². The topological polar surface area (TPSA) is 77.8 Å². The number of rotatable bonds is 4. The number of carboxylic acids is 1. The highest BCUT2D eigenvalue weighted by Gasteiger charge is 2.50. The molecule has 0 heterocycles. The van der Waals surface area contributed by atoms with Gasteiger partial charge in [0, 0.05) is 12.8 Å². The van der Waals surface area contributed by atoms with Crippen LogP contribution >= 0.6 is 0 Å². The maximum atomic E-state index is 11.2. The van der Waals surface area contributed by atoms with Crippen molar-refractivity contribution in [2.45, 2.75) is 77.4 Å². The van der Waals surface area contributed by atoms with Crippen molar-refractivity contribution in [2.24, 2.45) is 23.2 Å². The second-order valence-electron chi connectivity index (χ2n) is 9.24. The highest BCUT2D eigenvalue weighted by atomic mass is 16.4. The summed E-state index contributed by atoms with van der Waals surface area (Å²) in [6, 6.07) is 0. The number of aliphatic hydroxyl groups excluding tert-OH is 2. The fourth-order valence-electron chi connectivity index (χ4n) is 6.10. The number of carbonyl (C=O) groups is 1. The summed E-state index contributed by atoms with van der Waals surface area (Å²) in [6.07, 6.45) is 9.93. The molecule has 0 aromatic rings. The zero-order valence-corrected chi connectivity index (χ0v) is 16.7. The summed E-state index contributed by atoms with van der Waals surface area (Å²) in [6.45, 7) is 8.46. The first-order valence-electron chi connectivity index (χ1n) is 10.4. The van der Waals surface area contributed by atoms with Gasteiger partial charge in [-0.25, -0.2) is 0 Å². The molecule has 3 aliphatic carbocycles. The number of hydrogen-bond donors (Lipinski definition) is 3. The van der Waals surface area contributed by atoms with Crippen LogP contribution in [0.15, 0.2) is 35.5 Å². The average Bonchev–Trinajstić information content (AvgIpc) is 2.93. The van der Waals surface area contributed by atoms with Crippen LogP contribution in [0, 0.1) is 23.2 Å². The minimum atomic E-state index is -0.696. The van der Waals surface area contributed by atoms with E-state index in [1.807, 2.05) is 0 Å². The van der Waals surface area contributed by atoms with Crippen molar-refractivity contribution in [1.82, 2.24) is 0 Å². The molecule has 3 fully saturated rings. The summed E-state index contributed by atoms with van der Waals surface area (Å²) < 4.78 is 0. The first-order chi connectivity index (χ1) is 12.7. The molecule has 3 aliphatic rings. The molecule has 3 rings (SSSR count). The minimum absolute atomic E-state index is 0.181. The van der Waals surface area contributed by atoms with Gasteiger partial charge in [-0.15, -0.1) is 0 Å². The molecule has 4 nitrogen and oxygen atoms in total. The molecule has 0 unspecified atom stereocenters. The fraction of sp³-hybridized carbons (Fsp3) is 0.696. The van der Waals surface area contributed by atoms with Gasteiger partial charge in [0.25, 0.3) is 0 Å². The van der Waals surface area contributed by atoms with E-state index in [0.717, 1.165) is 36.8 Å². The van der Waals surface area contributed by atoms with Crippen LogP contribution in [0.3, 0.4) is 0 Å². The van der Waals surface area contributed by atoms with E-state index in [2.05, 4.69) is 32.6 Å². The second-order valence-corrected chi connectivity index (χ2v) is 9.24. The van der Waals surface area contributed by atoms with Crippen LogP contribution in [0.2, 0.25) is 0 Å². The zero-order valence-electron chi connectivity index (χ0n) is 16.7. The molecule has 3 N–H and O–H groups in total. The molecule has 0 bridgehead atoms. The smallest absolute Gasteiger partial charge is 0.303 e. The van der Waals surface area contributed by atoms with E-state index in [0.29, 0.717) is 24.7 Å². The van der Waals surface area contributed by atoms with Gasteiger partial charge in [-0.1, -0.05) is 38.2 Å². The molecule has 0 amide bonds. The summed E-state index contributed by atoms with van der Waals surface area (Å²) in [5.74, 6) is 0.483. The first-order valence-corrected chi connectivity index (χ1v) is 10.4. The fourth-order valence-corrected chi connectivity index (χ4v) is 6.10. The van der Waals surface area contributed by atoms with Crippen molar-refractivity contribution in [1.29, 1.82) is 0 Å². The molecule has 0 aromatic carbocycles. The Hall–Kier alpha value is -1.39. The van der Waals surface area contributed by atoms with Gasteiger partial charge < -0.3 is 15.3 Å². The summed E-state index contributed by atoms with van der Waals surface area (Å²) in [5, 5.41) is 29.2. The maximum absolute atomic E-state index is 11.2. The molecule has 0 aromatic heterocycles. The lowest BCUT2D eigenvalue weighted by molar-refractivity contribution is -0.138. The Morgan fingerprint density at radius 3 is 2.78 bits per heavy atom. The lowest BCUT2D eigenvalue weighted by Gasteiger charge is -2.44. The minimum Gasteiger partial charge on any atom is -0.481 e. The lowest BCUT2D eigenvalue weighted by atomic mass is 9.61. The Morgan fingerprint density at radius 1 is 1.33 bits per heavy atom. The SMILES string of the molecule is C=C1/C(=C\C=C2/CCC[C@]3(C)[C@@H]2CC[C@H]3[C@@H](C)CC(=O)O)C[C@@H](O)C[C@@H]1O. The third-order valence-corrected chi connectivity index (χ3v) is 7.49. The molecule has 0 aliphatic heterocycles. The molecule has 4 heteroatoms. The van der Waals surface area contributed by atoms with Crippen molar-refractivity contribution in [3.63, 3.8) is 0 Å². The molecular weight excluding hydrogens is 340 g/mol. The van der Waals surface area contributed by atoms with E-state index in [-0.39, 0.29) is 17.8 Å². The van der Waals surface area contributed by atoms with Gasteiger partial charge in [-0.3, -0.25) is 4.79 Å². The summed E-state index contributed by atoms with van der Waals surface area (Å²) in [4.78, 5) is 11.2. The monoisotopic (exact) mass is 374 g/mol. The number of fused-ring (bicyclic) bond motifs is 1. The van der Waals surface area contributed by atoms with Crippen LogP contribution in [0.4, 0.5) is 0 Å². The van der Waals surface area contributed by atoms with Gasteiger partial charge in [0.1, 0.15) is 0 Å². The summed E-state index contributed by atoms with van der Waals surface area (Å²) >= 11 is 0. The number of aliphatic hydroxyl groups is 2. The van der Waals surface area contributed by atoms with Crippen LogP contribution in [0.1, 0.15) is 65.2 Å². The summed E-state index contributed by atoms with van der Waals surface area (Å²) in [7, 11) is 0. The molecule has 3 saturated carbocycles. The molecule has 150 valence electrons. The third kappa shape index (κ3) is 4.07. The molecule has 6 atom stereocenters. The van der Waals surface area contributed by atoms with E-state index in [1.54, 1.807) is 0 Å². The highest BCUT2D eigenvalue weighted by molar-refractivity contribution is 5.67. The van der Waals surface area contributed by atoms with Gasteiger partial charge in [-0.2, -0.15) is 0 Å². The van der Waals surface area contributed by atoms with Crippen LogP contribution in [-0.4, -0.2) is 33.5 Å². The Morgan fingerprint density at radius 2 is 2.07 bits per heavy atom. The van der Waals surface area contributed by atoms with Gasteiger partial charge in [0.15, 0.2) is 0 Å². The molecule has 0 saturated heterocycles. The number of carboxylic acid groups (broad SMARTS) is 1. The highest BCUT2D eigenvalue weighted by Crippen LogP contribution is 2.59. The molecule has 27 heavy (non-hydrogen) atoms. The normalized spacial score (nSPS) is 41.0. The largest absolute Gasteiger partial charge is 0.481 e. The average molecular weight is 375 g/mol. The van der Waals surface area contributed by atoms with Crippen molar-refractivity contribution >= 4 is 5.97 Å². The Labute approximate surface area is 162 Å². The Bertz CT molecular complexity index is 661. The van der Waals surface area contributed by atoms with E-state index < -0.39 is 18.2 Å². The standard InChI is InChI=1S/C23H34O4/c1-14(11-22(26)27)19-8-9-20-16(5-4-10-23(19,20)3)6-7-17-12-18(24)13-21(25)15(17)2/h6-7,14,18-21,24-25H,2,4-5,8-13H2,1,3H3,(H,26,27)/b16-6+,17-7-/t14-,18+,19-,20+,21-,23-/m0/s1. The molecule has 0 radical (unpaired) electrons. The summed E-state index contributed by atoms with van der Waals surface area (Å²) in [5.41, 5.74) is 3.31. The third-order valence-electron chi connectivity index (χ3n) is 7.49. The van der Waals surface area contributed by atoms with Gasteiger partial charge in [0.05, 0.1) is 12.2 Å². The Kier molecular flexibility index (Phi) is 5.97. The van der Waals surface area contributed by atoms with E-state index >= 15 is 0 Å². The van der Waals surface area contributed by atoms with E-state index in [9.17, 15) is 20.1 Å². The Balaban J connectivity index is 1.80. The van der Waals surface area contributed by atoms with Gasteiger partial charge >= 0.3 is 5.97 Å². The van der Waals surface area contributed by atoms with E-state index in [4.69, 9.17) is 0 Å². The van der Waals surface area contributed by atoms with Crippen molar-refractivity contribution in [3.8, 4) is 0 Å². The van der Waals surface area contributed by atoms with Crippen LogP contribution < -0.4 is 0 Å². The van der Waals surface area contributed by atoms with Gasteiger partial charge in [0.2, 0.25) is 0 Å². The van der Waals surface area contributed by atoms with Crippen LogP contribution in [-0.2, 0) is 4.79 Å². The van der Waals surface area contributed by atoms with Crippen molar-refractivity contribution < 1.29 is 20.1 Å². The zero-order chi connectivity index (χ0) is 19.8. The predicted molar refractivity (Wildman–Crippen MR) is 106 cm³/mol. The number of aliphatic carboxylic acids is 1.